The summed E-state index contributed by atoms with van der Waals surface area (Å²) in [6, 6.07) is 14.5. The molecule has 2 aromatic rings. The topological polar surface area (TPSA) is 75.7 Å². The largest absolute Gasteiger partial charge is 0.379 e. The van der Waals surface area contributed by atoms with Gasteiger partial charge in [-0.2, -0.15) is 4.31 Å². The quantitative estimate of drug-likeness (QED) is 0.756. The maximum absolute atomic E-state index is 12.6. The van der Waals surface area contributed by atoms with E-state index in [4.69, 9.17) is 4.74 Å². The van der Waals surface area contributed by atoms with Crippen LogP contribution in [-0.2, 0) is 26.1 Å². The highest BCUT2D eigenvalue weighted by molar-refractivity contribution is 7.89. The molecule has 0 aliphatic carbocycles. The third-order valence-corrected chi connectivity index (χ3v) is 6.38. The summed E-state index contributed by atoms with van der Waals surface area (Å²) in [6.45, 7) is 3.90. The van der Waals surface area contributed by atoms with Crippen molar-refractivity contribution in [1.29, 1.82) is 0 Å². The second-order valence-electron chi connectivity index (χ2n) is 6.63. The molecule has 0 unspecified atom stereocenters. The van der Waals surface area contributed by atoms with Crippen molar-refractivity contribution in [2.24, 2.45) is 0 Å². The van der Waals surface area contributed by atoms with Crippen LogP contribution in [-0.4, -0.2) is 44.9 Å². The molecule has 1 aliphatic heterocycles. The SMILES string of the molecule is Cc1cccc(/C=C/C(=O)NCc2ccc(S(=O)(=O)N3CCOCC3)cc2)c1. The van der Waals surface area contributed by atoms with Gasteiger partial charge in [-0.25, -0.2) is 8.42 Å². The van der Waals surface area contributed by atoms with Crippen LogP contribution in [0.4, 0.5) is 0 Å². The number of ether oxygens (including phenoxy) is 1. The fourth-order valence-corrected chi connectivity index (χ4v) is 4.32. The first-order valence-electron chi connectivity index (χ1n) is 9.14. The normalized spacial score (nSPS) is 15.6. The number of aryl methyl sites for hydroxylation is 1. The van der Waals surface area contributed by atoms with Gasteiger partial charge in [-0.15, -0.1) is 0 Å². The average molecular weight is 401 g/mol. The van der Waals surface area contributed by atoms with Gasteiger partial charge >= 0.3 is 0 Å². The standard InChI is InChI=1S/C21H24N2O4S/c1-17-3-2-4-18(15-17)7-10-21(24)22-16-19-5-8-20(9-6-19)28(25,26)23-11-13-27-14-12-23/h2-10,15H,11-14,16H2,1H3,(H,22,24)/b10-7+. The van der Waals surface area contributed by atoms with Gasteiger partial charge in [-0.05, 0) is 36.3 Å². The minimum absolute atomic E-state index is 0.202. The summed E-state index contributed by atoms with van der Waals surface area (Å²) >= 11 is 0. The molecule has 1 saturated heterocycles. The third-order valence-electron chi connectivity index (χ3n) is 4.47. The van der Waals surface area contributed by atoms with Crippen molar-refractivity contribution in [2.75, 3.05) is 26.3 Å². The van der Waals surface area contributed by atoms with Crippen LogP contribution in [0.3, 0.4) is 0 Å². The van der Waals surface area contributed by atoms with E-state index >= 15 is 0 Å². The molecule has 3 rings (SSSR count). The number of benzene rings is 2. The number of sulfonamides is 1. The van der Waals surface area contributed by atoms with E-state index in [0.29, 0.717) is 32.8 Å². The summed E-state index contributed by atoms with van der Waals surface area (Å²) in [4.78, 5) is 12.2. The minimum atomic E-state index is -3.50. The second kappa shape index (κ2) is 9.14. The molecule has 6 nitrogen and oxygen atoms in total. The van der Waals surface area contributed by atoms with E-state index in [1.807, 2.05) is 31.2 Å². The smallest absolute Gasteiger partial charge is 0.244 e. The van der Waals surface area contributed by atoms with Crippen LogP contribution in [0.25, 0.3) is 6.08 Å². The number of morpholine rings is 1. The van der Waals surface area contributed by atoms with Gasteiger partial charge in [0.2, 0.25) is 15.9 Å². The Kier molecular flexibility index (Phi) is 6.61. The van der Waals surface area contributed by atoms with Crippen LogP contribution in [0, 0.1) is 6.92 Å². The number of carbonyl (C=O) groups is 1. The Hall–Kier alpha value is -2.48. The molecule has 1 aliphatic rings. The molecule has 0 aromatic heterocycles. The van der Waals surface area contributed by atoms with Crippen molar-refractivity contribution in [3.63, 3.8) is 0 Å². The summed E-state index contributed by atoms with van der Waals surface area (Å²) < 4.78 is 31.8. The molecule has 0 atom stereocenters. The van der Waals surface area contributed by atoms with E-state index in [-0.39, 0.29) is 10.8 Å². The first-order chi connectivity index (χ1) is 13.4. The van der Waals surface area contributed by atoms with E-state index in [9.17, 15) is 13.2 Å². The number of nitrogens with zero attached hydrogens (tertiary/aromatic N) is 1. The Labute approximate surface area is 165 Å². The molecule has 0 saturated carbocycles. The van der Waals surface area contributed by atoms with Crippen molar-refractivity contribution >= 4 is 22.0 Å². The number of amides is 1. The zero-order chi connectivity index (χ0) is 20.0. The zero-order valence-electron chi connectivity index (χ0n) is 15.8. The fourth-order valence-electron chi connectivity index (χ4n) is 2.91. The molecule has 1 N–H and O–H groups in total. The van der Waals surface area contributed by atoms with Crippen LogP contribution in [0.15, 0.2) is 59.5 Å². The van der Waals surface area contributed by atoms with Crippen molar-refractivity contribution in [2.45, 2.75) is 18.4 Å². The van der Waals surface area contributed by atoms with Crippen molar-refractivity contribution in [3.8, 4) is 0 Å². The van der Waals surface area contributed by atoms with E-state index in [1.54, 1.807) is 30.3 Å². The van der Waals surface area contributed by atoms with Gasteiger partial charge in [0.15, 0.2) is 0 Å². The summed E-state index contributed by atoms with van der Waals surface area (Å²) in [7, 11) is -3.50. The van der Waals surface area contributed by atoms with Gasteiger partial charge < -0.3 is 10.1 Å². The summed E-state index contributed by atoms with van der Waals surface area (Å²) in [6.07, 6.45) is 3.26. The molecule has 0 radical (unpaired) electrons. The van der Waals surface area contributed by atoms with Crippen LogP contribution in [0.1, 0.15) is 16.7 Å². The number of nitrogens with one attached hydrogen (secondary N) is 1. The maximum atomic E-state index is 12.6. The third kappa shape index (κ3) is 5.28. The lowest BCUT2D eigenvalue weighted by molar-refractivity contribution is -0.116. The molecular weight excluding hydrogens is 376 g/mol. The van der Waals surface area contributed by atoms with Crippen molar-refractivity contribution in [1.82, 2.24) is 9.62 Å². The molecule has 1 heterocycles. The Bertz CT molecular complexity index is 947. The van der Waals surface area contributed by atoms with Crippen LogP contribution in [0.5, 0.6) is 0 Å². The highest BCUT2D eigenvalue weighted by Gasteiger charge is 2.25. The van der Waals surface area contributed by atoms with Gasteiger partial charge in [-0.1, -0.05) is 42.0 Å². The first kappa shape index (κ1) is 20.3. The molecule has 7 heteroatoms. The Balaban J connectivity index is 1.56. The minimum Gasteiger partial charge on any atom is -0.379 e. The average Bonchev–Trinajstić information content (AvgIpc) is 2.72. The molecule has 2 aromatic carbocycles. The first-order valence-corrected chi connectivity index (χ1v) is 10.6. The Morgan fingerprint density at radius 1 is 1.14 bits per heavy atom. The molecule has 0 bridgehead atoms. The lowest BCUT2D eigenvalue weighted by atomic mass is 10.1. The van der Waals surface area contributed by atoms with Crippen LogP contribution < -0.4 is 5.32 Å². The lowest BCUT2D eigenvalue weighted by Gasteiger charge is -2.26. The highest BCUT2D eigenvalue weighted by Crippen LogP contribution is 2.17. The molecular formula is C21H24N2O4S. The fraction of sp³-hybridized carbons (Fsp3) is 0.286. The second-order valence-corrected chi connectivity index (χ2v) is 8.56. The molecule has 1 fully saturated rings. The van der Waals surface area contributed by atoms with E-state index in [1.165, 1.54) is 10.4 Å². The van der Waals surface area contributed by atoms with Gasteiger partial charge in [0.25, 0.3) is 0 Å². The van der Waals surface area contributed by atoms with E-state index in [2.05, 4.69) is 5.32 Å². The maximum Gasteiger partial charge on any atom is 0.244 e. The van der Waals surface area contributed by atoms with Crippen molar-refractivity contribution in [3.05, 3.63) is 71.3 Å². The molecule has 1 amide bonds. The summed E-state index contributed by atoms with van der Waals surface area (Å²) in [5, 5.41) is 2.80. The van der Waals surface area contributed by atoms with Crippen LogP contribution in [0.2, 0.25) is 0 Å². The summed E-state index contributed by atoms with van der Waals surface area (Å²) in [5.74, 6) is -0.202. The molecule has 148 valence electrons. The molecule has 28 heavy (non-hydrogen) atoms. The van der Waals surface area contributed by atoms with Gasteiger partial charge in [0, 0.05) is 25.7 Å². The van der Waals surface area contributed by atoms with Gasteiger partial charge in [0.05, 0.1) is 18.1 Å². The van der Waals surface area contributed by atoms with Gasteiger partial charge in [0.1, 0.15) is 0 Å². The van der Waals surface area contributed by atoms with E-state index in [0.717, 1.165) is 16.7 Å². The lowest BCUT2D eigenvalue weighted by Crippen LogP contribution is -2.40. The predicted octanol–water partition coefficient (Wildman–Crippen LogP) is 2.35. The Morgan fingerprint density at radius 2 is 1.86 bits per heavy atom. The summed E-state index contributed by atoms with van der Waals surface area (Å²) in [5.41, 5.74) is 2.93. The highest BCUT2D eigenvalue weighted by atomic mass is 32.2. The number of hydrogen-bond donors (Lipinski definition) is 1. The van der Waals surface area contributed by atoms with E-state index < -0.39 is 10.0 Å². The monoisotopic (exact) mass is 400 g/mol. The number of rotatable bonds is 6. The number of carbonyl (C=O) groups excluding carboxylic acids is 1. The Morgan fingerprint density at radius 3 is 2.54 bits per heavy atom. The predicted molar refractivity (Wildman–Crippen MR) is 108 cm³/mol. The van der Waals surface area contributed by atoms with Gasteiger partial charge in [-0.3, -0.25) is 4.79 Å². The zero-order valence-corrected chi connectivity index (χ0v) is 16.6. The number of hydrogen-bond acceptors (Lipinski definition) is 4. The van der Waals surface area contributed by atoms with Crippen LogP contribution >= 0.6 is 0 Å². The van der Waals surface area contributed by atoms with Crippen molar-refractivity contribution < 1.29 is 17.9 Å². The molecule has 0 spiro atoms.